The minimum absolute atomic E-state index is 0.0330. The Morgan fingerprint density at radius 1 is 1.21 bits per heavy atom. The van der Waals surface area contributed by atoms with Crippen molar-refractivity contribution in [3.05, 3.63) is 28.2 Å². The third-order valence-corrected chi connectivity index (χ3v) is 9.74. The quantitative estimate of drug-likeness (QED) is 0.115. The number of nitrogens with zero attached hydrogens (tertiary/aromatic N) is 2. The maximum Gasteiger partial charge on any atom is 0.329 e. The zero-order valence-corrected chi connectivity index (χ0v) is 27.9. The molecule has 1 aliphatic rings. The number of aromatic nitrogens is 1. The van der Waals surface area contributed by atoms with E-state index >= 15 is 0 Å². The fraction of sp³-hybridized carbons (Fsp3) is 0.667. The molecule has 1 amide bonds. The van der Waals surface area contributed by atoms with E-state index < -0.39 is 23.7 Å². The fourth-order valence-electron chi connectivity index (χ4n) is 4.13. The summed E-state index contributed by atoms with van der Waals surface area (Å²) in [6, 6.07) is -0.907. The van der Waals surface area contributed by atoms with Gasteiger partial charge in [0.1, 0.15) is 39.2 Å². The lowest BCUT2D eigenvalue weighted by Crippen LogP contribution is -2.53. The number of thiazole rings is 1. The minimum atomic E-state index is -1.07. The van der Waals surface area contributed by atoms with Crippen LogP contribution in [0.4, 0.5) is 0 Å². The summed E-state index contributed by atoms with van der Waals surface area (Å²) in [5, 5.41) is 6.38. The van der Waals surface area contributed by atoms with Gasteiger partial charge >= 0.3 is 5.97 Å². The first-order valence-electron chi connectivity index (χ1n) is 14.7. The van der Waals surface area contributed by atoms with Gasteiger partial charge in [0.05, 0.1) is 0 Å². The first-order chi connectivity index (χ1) is 20.0. The molecule has 9 nitrogen and oxygen atoms in total. The van der Waals surface area contributed by atoms with E-state index in [4.69, 9.17) is 10.5 Å². The van der Waals surface area contributed by atoms with Crippen molar-refractivity contribution in [3.8, 4) is 0 Å². The lowest BCUT2D eigenvalue weighted by molar-refractivity contribution is -0.153. The number of nitrogens with two attached hydrogens (primary N) is 1. The average molecular weight is 639 g/mol. The monoisotopic (exact) mass is 638 g/mol. The number of ether oxygens (including phenoxy) is 1. The minimum Gasteiger partial charge on any atom is -0.456 e. The van der Waals surface area contributed by atoms with Crippen molar-refractivity contribution in [3.63, 3.8) is 0 Å². The summed E-state index contributed by atoms with van der Waals surface area (Å²) in [5.74, 6) is -0.304. The van der Waals surface area contributed by atoms with Crippen molar-refractivity contribution < 1.29 is 23.9 Å². The molecule has 0 bridgehead atoms. The molecule has 0 aliphatic carbocycles. The number of carbonyl (C=O) groups excluding carboxylic acids is 4. The number of hydrogen-bond donors (Lipinski definition) is 2. The number of esters is 1. The molecule has 3 N–H and O–H groups in total. The van der Waals surface area contributed by atoms with Crippen molar-refractivity contribution in [2.24, 2.45) is 16.6 Å². The van der Waals surface area contributed by atoms with E-state index in [0.717, 1.165) is 17.8 Å². The van der Waals surface area contributed by atoms with Crippen molar-refractivity contribution in [2.45, 2.75) is 110 Å². The van der Waals surface area contributed by atoms with Crippen molar-refractivity contribution >= 4 is 62.7 Å². The molecule has 0 saturated heterocycles. The van der Waals surface area contributed by atoms with Crippen LogP contribution in [0.25, 0.3) is 0 Å². The van der Waals surface area contributed by atoms with Crippen LogP contribution >= 0.6 is 34.9 Å². The predicted octanol–water partition coefficient (Wildman–Crippen LogP) is 5.45. The second-order valence-electron chi connectivity index (χ2n) is 11.0. The Bertz CT molecular complexity index is 1120. The second kappa shape index (κ2) is 18.6. The Morgan fingerprint density at radius 2 is 1.95 bits per heavy atom. The number of ketones is 1. The Balaban J connectivity index is 1.93. The number of allylic oxidation sites excluding steroid dienone is 1. The van der Waals surface area contributed by atoms with Gasteiger partial charge in [-0.15, -0.1) is 23.1 Å². The van der Waals surface area contributed by atoms with Gasteiger partial charge < -0.3 is 15.8 Å². The maximum absolute atomic E-state index is 13.3. The second-order valence-corrected chi connectivity index (χ2v) is 14.0. The molecule has 1 aliphatic heterocycles. The predicted molar refractivity (Wildman–Crippen MR) is 174 cm³/mol. The van der Waals surface area contributed by atoms with E-state index in [1.807, 2.05) is 25.3 Å². The van der Waals surface area contributed by atoms with Crippen molar-refractivity contribution in [1.29, 1.82) is 0 Å². The molecule has 234 valence electrons. The molecule has 12 heteroatoms. The fourth-order valence-corrected chi connectivity index (χ4v) is 6.77. The first kappa shape index (κ1) is 36.2. The topological polar surface area (TPSA) is 141 Å². The summed E-state index contributed by atoms with van der Waals surface area (Å²) in [7, 11) is 0. The number of aliphatic imine (C=N–C) groups is 1. The molecular weight excluding hydrogens is 593 g/mol. The molecule has 3 atom stereocenters. The molecule has 2 rings (SSSR count). The number of Topliss-reactive ketones (excluding diaryl/α,β-unsaturated/α-hetero) is 1. The van der Waals surface area contributed by atoms with Crippen molar-refractivity contribution in [1.82, 2.24) is 10.3 Å². The Hall–Kier alpha value is -2.02. The number of amides is 1. The SMILES string of the molecule is CCCCCCCC(=O)SCC/C=C/C(CC(C)=O)OC(=O)[C@@H](NC(=O)[C@]1(C)CSC(c2csc(CN)n2)=N1)C(C)C. The van der Waals surface area contributed by atoms with Crippen LogP contribution in [0.15, 0.2) is 22.5 Å². The summed E-state index contributed by atoms with van der Waals surface area (Å²) < 4.78 is 5.70. The molecule has 0 radical (unpaired) electrons. The lowest BCUT2D eigenvalue weighted by Gasteiger charge is -2.27. The highest BCUT2D eigenvalue weighted by Gasteiger charge is 2.41. The van der Waals surface area contributed by atoms with Gasteiger partial charge in [-0.05, 0) is 38.7 Å². The van der Waals surface area contributed by atoms with Crippen LogP contribution in [0.5, 0.6) is 0 Å². The summed E-state index contributed by atoms with van der Waals surface area (Å²) >= 11 is 4.21. The molecule has 1 unspecified atom stereocenters. The number of rotatable bonds is 19. The maximum atomic E-state index is 13.3. The van der Waals surface area contributed by atoms with Gasteiger partial charge in [-0.1, -0.05) is 64.3 Å². The molecular formula is C30H46N4O5S3. The van der Waals surface area contributed by atoms with Gasteiger partial charge in [-0.2, -0.15) is 0 Å². The zero-order valence-electron chi connectivity index (χ0n) is 25.5. The summed E-state index contributed by atoms with van der Waals surface area (Å²) in [4.78, 5) is 59.6. The van der Waals surface area contributed by atoms with Crippen LogP contribution in [-0.4, -0.2) is 62.0 Å². The molecule has 2 heterocycles. The highest BCUT2D eigenvalue weighted by atomic mass is 32.2. The molecule has 0 fully saturated rings. The van der Waals surface area contributed by atoms with Gasteiger partial charge in [0, 0.05) is 36.3 Å². The van der Waals surface area contributed by atoms with E-state index in [1.165, 1.54) is 61.0 Å². The first-order valence-corrected chi connectivity index (χ1v) is 17.5. The lowest BCUT2D eigenvalue weighted by atomic mass is 10.0. The molecule has 42 heavy (non-hydrogen) atoms. The highest BCUT2D eigenvalue weighted by Crippen LogP contribution is 2.32. The average Bonchev–Trinajstić information content (AvgIpc) is 3.58. The zero-order chi connectivity index (χ0) is 31.1. The molecule has 0 saturated carbocycles. The van der Waals surface area contributed by atoms with Gasteiger partial charge in [0.25, 0.3) is 0 Å². The molecule has 0 aromatic carbocycles. The van der Waals surface area contributed by atoms with Gasteiger partial charge in [-0.3, -0.25) is 19.4 Å². The van der Waals surface area contributed by atoms with Crippen LogP contribution in [0.3, 0.4) is 0 Å². The summed E-state index contributed by atoms with van der Waals surface area (Å²) in [6.45, 7) is 9.34. The van der Waals surface area contributed by atoms with E-state index in [2.05, 4.69) is 22.2 Å². The standard InChI is InChI=1S/C30H46N4O5S3/c1-6-7-8-9-10-14-25(36)40-15-12-11-13-22(16-21(4)35)39-28(37)26(20(2)3)33-29(38)30(5)19-42-27(34-30)23-18-41-24(17-31)32-23/h11,13,18,20,22,26H,6-10,12,14-17,19,31H2,1-5H3,(H,33,38)/b13-11+/t22?,26-,30-/m0/s1. The van der Waals surface area contributed by atoms with Gasteiger partial charge in [-0.25, -0.2) is 9.78 Å². The van der Waals surface area contributed by atoms with E-state index in [-0.39, 0.29) is 29.1 Å². The van der Waals surface area contributed by atoms with Crippen LogP contribution in [-0.2, 0) is 30.5 Å². The Morgan fingerprint density at radius 3 is 2.60 bits per heavy atom. The van der Waals surface area contributed by atoms with Crippen LogP contribution < -0.4 is 11.1 Å². The van der Waals surface area contributed by atoms with E-state index in [1.54, 1.807) is 13.0 Å². The number of unbranched alkanes of at least 4 members (excludes halogenated alkanes) is 4. The number of carbonyl (C=O) groups is 4. The van der Waals surface area contributed by atoms with Gasteiger partial charge in [0.2, 0.25) is 5.91 Å². The highest BCUT2D eigenvalue weighted by molar-refractivity contribution is 8.14. The molecule has 1 aromatic rings. The number of hydrogen-bond acceptors (Lipinski definition) is 11. The van der Waals surface area contributed by atoms with Crippen LogP contribution in [0.2, 0.25) is 0 Å². The Labute approximate surface area is 262 Å². The largest absolute Gasteiger partial charge is 0.456 e. The molecule has 0 spiro atoms. The third kappa shape index (κ3) is 12.3. The van der Waals surface area contributed by atoms with Crippen molar-refractivity contribution in [2.75, 3.05) is 11.5 Å². The molecule has 1 aromatic heterocycles. The van der Waals surface area contributed by atoms with Crippen LogP contribution in [0.1, 0.15) is 96.7 Å². The van der Waals surface area contributed by atoms with E-state index in [9.17, 15) is 19.2 Å². The summed E-state index contributed by atoms with van der Waals surface area (Å²) in [5.41, 5.74) is 5.30. The van der Waals surface area contributed by atoms with Crippen LogP contribution in [0, 0.1) is 5.92 Å². The van der Waals surface area contributed by atoms with Gasteiger partial charge in [0.15, 0.2) is 5.12 Å². The normalized spacial score (nSPS) is 18.2. The summed E-state index contributed by atoms with van der Waals surface area (Å²) in [6.07, 6.45) is 9.61. The number of nitrogens with one attached hydrogen (secondary N) is 1. The smallest absolute Gasteiger partial charge is 0.329 e. The Kier molecular flexibility index (Phi) is 16.0. The third-order valence-electron chi connectivity index (χ3n) is 6.62. The number of thioether (sulfide) groups is 2. The van der Waals surface area contributed by atoms with E-state index in [0.29, 0.717) is 41.6 Å².